The summed E-state index contributed by atoms with van der Waals surface area (Å²) in [5.74, 6) is 0. The van der Waals surface area contributed by atoms with Crippen LogP contribution in [0.5, 0.6) is 0 Å². The second kappa shape index (κ2) is 4.71. The van der Waals surface area contributed by atoms with E-state index in [0.29, 0.717) is 0 Å². The molecule has 2 nitrogen and oxygen atoms in total. The smallest absolute Gasteiger partial charge is 0.105 e. The fourth-order valence-electron chi connectivity index (χ4n) is 3.05. The third kappa shape index (κ3) is 2.28. The lowest BCUT2D eigenvalue weighted by molar-refractivity contribution is -0.113. The first-order valence-electron chi connectivity index (χ1n) is 6.78. The normalized spacial score (nSPS) is 27.7. The lowest BCUT2D eigenvalue weighted by atomic mass is 9.99. The van der Waals surface area contributed by atoms with Crippen LogP contribution in [-0.4, -0.2) is 18.7 Å². The van der Waals surface area contributed by atoms with Crippen molar-refractivity contribution in [3.05, 3.63) is 21.9 Å². The van der Waals surface area contributed by atoms with Gasteiger partial charge in [0.25, 0.3) is 0 Å². The monoisotopic (exact) mass is 251 g/mol. The molecule has 1 aromatic heterocycles. The van der Waals surface area contributed by atoms with Crippen LogP contribution in [0.3, 0.4) is 0 Å². The van der Waals surface area contributed by atoms with Crippen molar-refractivity contribution in [1.29, 1.82) is 0 Å². The molecule has 1 saturated carbocycles. The van der Waals surface area contributed by atoms with Crippen molar-refractivity contribution in [2.24, 2.45) is 0 Å². The van der Waals surface area contributed by atoms with Gasteiger partial charge < -0.3 is 10.1 Å². The highest BCUT2D eigenvalue weighted by atomic mass is 32.1. The average Bonchev–Trinajstić information content (AvgIpc) is 2.99. The number of nitrogens with one attached hydrogen (secondary N) is 1. The van der Waals surface area contributed by atoms with Crippen molar-refractivity contribution in [2.45, 2.75) is 50.7 Å². The Balaban J connectivity index is 1.74. The molecular weight excluding hydrogens is 230 g/mol. The van der Waals surface area contributed by atoms with Crippen LogP contribution in [0.25, 0.3) is 0 Å². The topological polar surface area (TPSA) is 21.3 Å². The maximum Gasteiger partial charge on any atom is 0.105 e. The van der Waals surface area contributed by atoms with E-state index in [1.54, 1.807) is 0 Å². The Bertz CT molecular complexity index is 381. The molecule has 0 radical (unpaired) electrons. The van der Waals surface area contributed by atoms with E-state index in [2.05, 4.69) is 24.4 Å². The second-order valence-corrected chi connectivity index (χ2v) is 6.49. The standard InChI is InChI=1S/C14H21NOS/c1-2-11-5-6-13(17-11)12-9-15-10-14(16-12)7-3-4-8-14/h5-6,12,15H,2-4,7-10H2,1H3. The third-order valence-corrected chi connectivity index (χ3v) is 5.35. The second-order valence-electron chi connectivity index (χ2n) is 5.29. The number of hydrogen-bond donors (Lipinski definition) is 1. The zero-order valence-electron chi connectivity index (χ0n) is 10.5. The van der Waals surface area contributed by atoms with Crippen LogP contribution in [0, 0.1) is 0 Å². The Hall–Kier alpha value is -0.380. The Labute approximate surface area is 107 Å². The molecule has 1 aromatic rings. The number of rotatable bonds is 2. The summed E-state index contributed by atoms with van der Waals surface area (Å²) in [5, 5.41) is 3.58. The Morgan fingerprint density at radius 1 is 1.41 bits per heavy atom. The van der Waals surface area contributed by atoms with Crippen molar-refractivity contribution in [2.75, 3.05) is 13.1 Å². The van der Waals surface area contributed by atoms with Gasteiger partial charge in [0.1, 0.15) is 6.10 Å². The zero-order chi connectivity index (χ0) is 11.7. The molecule has 2 aliphatic rings. The summed E-state index contributed by atoms with van der Waals surface area (Å²) in [6.45, 7) is 4.25. The van der Waals surface area contributed by atoms with Gasteiger partial charge in [0, 0.05) is 22.8 Å². The van der Waals surface area contributed by atoms with Gasteiger partial charge in [-0.3, -0.25) is 0 Å². The molecule has 1 N–H and O–H groups in total. The van der Waals surface area contributed by atoms with Gasteiger partial charge in [-0.2, -0.15) is 0 Å². The third-order valence-electron chi connectivity index (χ3n) is 4.03. The van der Waals surface area contributed by atoms with E-state index >= 15 is 0 Å². The maximum atomic E-state index is 6.43. The minimum Gasteiger partial charge on any atom is -0.364 e. The molecule has 3 rings (SSSR count). The van der Waals surface area contributed by atoms with Crippen LogP contribution in [0.2, 0.25) is 0 Å². The molecule has 17 heavy (non-hydrogen) atoms. The van der Waals surface area contributed by atoms with E-state index < -0.39 is 0 Å². The highest BCUT2D eigenvalue weighted by molar-refractivity contribution is 7.12. The molecule has 0 aromatic carbocycles. The van der Waals surface area contributed by atoms with Crippen molar-refractivity contribution >= 4 is 11.3 Å². The molecule has 1 spiro atoms. The molecule has 1 unspecified atom stereocenters. The lowest BCUT2D eigenvalue weighted by Gasteiger charge is -2.39. The Morgan fingerprint density at radius 2 is 2.24 bits per heavy atom. The Kier molecular flexibility index (Phi) is 3.24. The van der Waals surface area contributed by atoms with Gasteiger partial charge in [-0.05, 0) is 31.4 Å². The molecule has 0 amide bonds. The summed E-state index contributed by atoms with van der Waals surface area (Å²) in [7, 11) is 0. The minimum atomic E-state index is 0.152. The van der Waals surface area contributed by atoms with E-state index in [1.807, 2.05) is 11.3 Å². The van der Waals surface area contributed by atoms with E-state index in [9.17, 15) is 0 Å². The fraction of sp³-hybridized carbons (Fsp3) is 0.714. The number of aryl methyl sites for hydroxylation is 1. The molecule has 3 heteroatoms. The number of ether oxygens (including phenoxy) is 1. The SMILES string of the molecule is CCc1ccc(C2CNCC3(CCCC3)O2)s1. The van der Waals surface area contributed by atoms with E-state index in [1.165, 1.54) is 35.4 Å². The summed E-state index contributed by atoms with van der Waals surface area (Å²) < 4.78 is 6.43. The predicted molar refractivity (Wildman–Crippen MR) is 71.6 cm³/mol. The summed E-state index contributed by atoms with van der Waals surface area (Å²) in [4.78, 5) is 2.87. The molecule has 1 aliphatic heterocycles. The first kappa shape index (κ1) is 11.7. The van der Waals surface area contributed by atoms with Gasteiger partial charge in [-0.1, -0.05) is 19.8 Å². The van der Waals surface area contributed by atoms with Gasteiger partial charge in [0.15, 0.2) is 0 Å². The minimum absolute atomic E-state index is 0.152. The van der Waals surface area contributed by atoms with Gasteiger partial charge >= 0.3 is 0 Å². The van der Waals surface area contributed by atoms with Crippen LogP contribution < -0.4 is 5.32 Å². The van der Waals surface area contributed by atoms with Crippen LogP contribution in [0.15, 0.2) is 12.1 Å². The van der Waals surface area contributed by atoms with Gasteiger partial charge in [-0.25, -0.2) is 0 Å². The summed E-state index contributed by atoms with van der Waals surface area (Å²) >= 11 is 1.92. The van der Waals surface area contributed by atoms with Crippen LogP contribution in [-0.2, 0) is 11.2 Å². The number of thiophene rings is 1. The molecule has 1 aliphatic carbocycles. The average molecular weight is 251 g/mol. The number of hydrogen-bond acceptors (Lipinski definition) is 3. The molecule has 1 atom stereocenters. The first-order chi connectivity index (χ1) is 8.31. The molecule has 1 saturated heterocycles. The van der Waals surface area contributed by atoms with E-state index in [0.717, 1.165) is 19.5 Å². The molecule has 2 heterocycles. The van der Waals surface area contributed by atoms with Crippen LogP contribution in [0.1, 0.15) is 48.5 Å². The first-order valence-corrected chi connectivity index (χ1v) is 7.60. The fourth-order valence-corrected chi connectivity index (χ4v) is 4.03. The molecule has 94 valence electrons. The summed E-state index contributed by atoms with van der Waals surface area (Å²) in [5.41, 5.74) is 0.152. The van der Waals surface area contributed by atoms with Gasteiger partial charge in [-0.15, -0.1) is 11.3 Å². The van der Waals surface area contributed by atoms with E-state index in [4.69, 9.17) is 4.74 Å². The number of morpholine rings is 1. The summed E-state index contributed by atoms with van der Waals surface area (Å²) in [6.07, 6.45) is 6.56. The van der Waals surface area contributed by atoms with Gasteiger partial charge in [0.05, 0.1) is 5.60 Å². The van der Waals surface area contributed by atoms with Crippen molar-refractivity contribution in [1.82, 2.24) is 5.32 Å². The summed E-state index contributed by atoms with van der Waals surface area (Å²) in [6, 6.07) is 4.50. The quantitative estimate of drug-likeness (QED) is 0.871. The van der Waals surface area contributed by atoms with Crippen molar-refractivity contribution < 1.29 is 4.74 Å². The maximum absolute atomic E-state index is 6.43. The highest BCUT2D eigenvalue weighted by Crippen LogP contribution is 2.40. The lowest BCUT2D eigenvalue weighted by Crippen LogP contribution is -2.48. The zero-order valence-corrected chi connectivity index (χ0v) is 11.3. The highest BCUT2D eigenvalue weighted by Gasteiger charge is 2.40. The molecule has 2 fully saturated rings. The largest absolute Gasteiger partial charge is 0.364 e. The predicted octanol–water partition coefficient (Wildman–Crippen LogP) is 3.28. The van der Waals surface area contributed by atoms with Gasteiger partial charge in [0.2, 0.25) is 0 Å². The van der Waals surface area contributed by atoms with Crippen molar-refractivity contribution in [3.8, 4) is 0 Å². The van der Waals surface area contributed by atoms with Crippen LogP contribution >= 0.6 is 11.3 Å². The van der Waals surface area contributed by atoms with Crippen molar-refractivity contribution in [3.63, 3.8) is 0 Å². The van der Waals surface area contributed by atoms with E-state index in [-0.39, 0.29) is 11.7 Å². The Morgan fingerprint density at radius 3 is 2.94 bits per heavy atom. The van der Waals surface area contributed by atoms with Crippen LogP contribution in [0.4, 0.5) is 0 Å². The molecule has 0 bridgehead atoms. The molecular formula is C14H21NOS.